The van der Waals surface area contributed by atoms with Crippen LogP contribution in [0.15, 0.2) is 16.5 Å². The summed E-state index contributed by atoms with van der Waals surface area (Å²) in [7, 11) is 6.34. The lowest BCUT2D eigenvalue weighted by atomic mass is 10.1. The molecule has 1 atom stereocenters. The second kappa shape index (κ2) is 6.36. The van der Waals surface area contributed by atoms with Crippen LogP contribution in [-0.2, 0) is 13.1 Å². The van der Waals surface area contributed by atoms with E-state index in [9.17, 15) is 0 Å². The van der Waals surface area contributed by atoms with Gasteiger partial charge in [-0.05, 0) is 52.7 Å². The highest BCUT2D eigenvalue weighted by Gasteiger charge is 2.21. The lowest BCUT2D eigenvalue weighted by molar-refractivity contribution is 0.123. The Balaban J connectivity index is 1.87. The molecule has 0 bridgehead atoms. The first kappa shape index (κ1) is 13.6. The maximum absolute atomic E-state index is 5.79. The van der Waals surface area contributed by atoms with Crippen LogP contribution < -0.4 is 5.32 Å². The van der Waals surface area contributed by atoms with Crippen molar-refractivity contribution < 1.29 is 4.42 Å². The van der Waals surface area contributed by atoms with Crippen LogP contribution in [0.5, 0.6) is 0 Å². The molecule has 0 amide bonds. The summed E-state index contributed by atoms with van der Waals surface area (Å²) in [5, 5.41) is 3.11. The van der Waals surface area contributed by atoms with Crippen molar-refractivity contribution in [2.75, 3.05) is 34.2 Å². The van der Waals surface area contributed by atoms with Crippen molar-refractivity contribution in [2.45, 2.75) is 32.0 Å². The van der Waals surface area contributed by atoms with Gasteiger partial charge in [-0.3, -0.25) is 4.90 Å². The van der Waals surface area contributed by atoms with E-state index < -0.39 is 0 Å². The zero-order chi connectivity index (χ0) is 13.0. The van der Waals surface area contributed by atoms with E-state index in [1.165, 1.54) is 25.9 Å². The molecule has 102 valence electrons. The van der Waals surface area contributed by atoms with Gasteiger partial charge in [0.2, 0.25) is 0 Å². The summed E-state index contributed by atoms with van der Waals surface area (Å²) in [6, 6.07) is 4.81. The Morgan fingerprint density at radius 1 is 1.44 bits per heavy atom. The van der Waals surface area contributed by atoms with Gasteiger partial charge >= 0.3 is 0 Å². The first-order valence-corrected chi connectivity index (χ1v) is 6.80. The van der Waals surface area contributed by atoms with Gasteiger partial charge in [-0.2, -0.15) is 0 Å². The van der Waals surface area contributed by atoms with Gasteiger partial charge in [0.05, 0.1) is 13.1 Å². The van der Waals surface area contributed by atoms with E-state index in [0.717, 1.165) is 24.6 Å². The molecule has 1 fully saturated rings. The average Bonchev–Trinajstić information content (AvgIpc) is 2.77. The van der Waals surface area contributed by atoms with Gasteiger partial charge in [0.1, 0.15) is 11.5 Å². The predicted octanol–water partition coefficient (Wildman–Crippen LogP) is 1.53. The second-order valence-corrected chi connectivity index (χ2v) is 5.37. The first-order chi connectivity index (χ1) is 8.69. The Hall–Kier alpha value is -0.840. The summed E-state index contributed by atoms with van der Waals surface area (Å²) < 4.78 is 5.79. The maximum atomic E-state index is 5.79. The molecule has 1 aromatic heterocycles. The average molecular weight is 251 g/mol. The molecule has 18 heavy (non-hydrogen) atoms. The van der Waals surface area contributed by atoms with Crippen LogP contribution in [0.25, 0.3) is 0 Å². The van der Waals surface area contributed by atoms with Gasteiger partial charge in [0, 0.05) is 12.6 Å². The molecule has 0 spiro atoms. The summed E-state index contributed by atoms with van der Waals surface area (Å²) in [4.78, 5) is 4.83. The van der Waals surface area contributed by atoms with E-state index in [-0.39, 0.29) is 0 Å². The van der Waals surface area contributed by atoms with Crippen molar-refractivity contribution in [3.63, 3.8) is 0 Å². The van der Waals surface area contributed by atoms with Crippen molar-refractivity contribution >= 4 is 0 Å². The molecule has 2 heterocycles. The third kappa shape index (κ3) is 3.57. The van der Waals surface area contributed by atoms with E-state index in [1.54, 1.807) is 0 Å². The lowest BCUT2D eigenvalue weighted by Gasteiger charge is -2.35. The van der Waals surface area contributed by atoms with Crippen molar-refractivity contribution in [3.8, 4) is 0 Å². The Morgan fingerprint density at radius 3 is 2.94 bits per heavy atom. The summed E-state index contributed by atoms with van der Waals surface area (Å²) in [6.45, 7) is 4.11. The molecular formula is C14H25N3O. The largest absolute Gasteiger partial charge is 0.463 e. The van der Waals surface area contributed by atoms with E-state index in [4.69, 9.17) is 4.42 Å². The summed E-state index contributed by atoms with van der Waals surface area (Å²) in [6.07, 6.45) is 2.60. The van der Waals surface area contributed by atoms with Crippen LogP contribution in [0.3, 0.4) is 0 Å². The fraction of sp³-hybridized carbons (Fsp3) is 0.714. The Kier molecular flexibility index (Phi) is 4.80. The smallest absolute Gasteiger partial charge is 0.118 e. The quantitative estimate of drug-likeness (QED) is 0.860. The van der Waals surface area contributed by atoms with Crippen LogP contribution in [0.2, 0.25) is 0 Å². The number of hydrogen-bond acceptors (Lipinski definition) is 4. The van der Waals surface area contributed by atoms with Crippen LogP contribution in [-0.4, -0.2) is 50.1 Å². The van der Waals surface area contributed by atoms with Gasteiger partial charge < -0.3 is 14.6 Å². The molecule has 4 heteroatoms. The molecule has 1 N–H and O–H groups in total. The monoisotopic (exact) mass is 251 g/mol. The second-order valence-electron chi connectivity index (χ2n) is 5.37. The minimum atomic E-state index is 0.654. The minimum Gasteiger partial charge on any atom is -0.463 e. The molecule has 1 aromatic rings. The van der Waals surface area contributed by atoms with Crippen LogP contribution in [0, 0.1) is 0 Å². The van der Waals surface area contributed by atoms with Crippen molar-refractivity contribution in [2.24, 2.45) is 0 Å². The van der Waals surface area contributed by atoms with E-state index in [0.29, 0.717) is 6.04 Å². The summed E-state index contributed by atoms with van der Waals surface area (Å²) in [5.74, 6) is 2.08. The number of likely N-dealkylation sites (N-methyl/N-ethyl adjacent to an activating group) is 2. The number of rotatable bonds is 5. The normalized spacial score (nSPS) is 21.7. The number of nitrogens with zero attached hydrogens (tertiary/aromatic N) is 2. The SMILES string of the molecule is CNCc1ccc(CN(C)C2CCCN(C)C2)o1. The predicted molar refractivity (Wildman–Crippen MR) is 73.5 cm³/mol. The maximum Gasteiger partial charge on any atom is 0.118 e. The topological polar surface area (TPSA) is 31.6 Å². The highest BCUT2D eigenvalue weighted by atomic mass is 16.3. The molecule has 0 aliphatic carbocycles. The molecule has 1 aliphatic heterocycles. The van der Waals surface area contributed by atoms with Gasteiger partial charge in [-0.1, -0.05) is 0 Å². The van der Waals surface area contributed by atoms with Crippen molar-refractivity contribution in [1.82, 2.24) is 15.1 Å². The zero-order valence-electron chi connectivity index (χ0n) is 11.8. The summed E-state index contributed by atoms with van der Waals surface area (Å²) in [5.41, 5.74) is 0. The van der Waals surface area contributed by atoms with Crippen LogP contribution >= 0.6 is 0 Å². The number of piperidine rings is 1. The first-order valence-electron chi connectivity index (χ1n) is 6.80. The molecule has 0 saturated carbocycles. The van der Waals surface area contributed by atoms with E-state index >= 15 is 0 Å². The minimum absolute atomic E-state index is 0.654. The summed E-state index contributed by atoms with van der Waals surface area (Å²) >= 11 is 0. The lowest BCUT2D eigenvalue weighted by Crippen LogP contribution is -2.44. The van der Waals surface area contributed by atoms with E-state index in [2.05, 4.69) is 41.3 Å². The van der Waals surface area contributed by atoms with Gasteiger partial charge in [0.25, 0.3) is 0 Å². The standard InChI is InChI=1S/C14H25N3O/c1-15-9-13-6-7-14(18-13)11-17(3)12-5-4-8-16(2)10-12/h6-7,12,15H,4-5,8-11H2,1-3H3. The highest BCUT2D eigenvalue weighted by molar-refractivity contribution is 5.07. The Labute approximate surface area is 110 Å². The van der Waals surface area contributed by atoms with Crippen LogP contribution in [0.4, 0.5) is 0 Å². The van der Waals surface area contributed by atoms with Crippen molar-refractivity contribution in [1.29, 1.82) is 0 Å². The molecule has 4 nitrogen and oxygen atoms in total. The molecule has 0 aromatic carbocycles. The third-order valence-electron chi connectivity index (χ3n) is 3.70. The number of nitrogens with one attached hydrogen (secondary N) is 1. The number of likely N-dealkylation sites (tertiary alicyclic amines) is 1. The van der Waals surface area contributed by atoms with Crippen molar-refractivity contribution in [3.05, 3.63) is 23.7 Å². The zero-order valence-corrected chi connectivity index (χ0v) is 11.8. The number of hydrogen-bond donors (Lipinski definition) is 1. The highest BCUT2D eigenvalue weighted by Crippen LogP contribution is 2.17. The van der Waals surface area contributed by atoms with Gasteiger partial charge in [-0.15, -0.1) is 0 Å². The van der Waals surface area contributed by atoms with Gasteiger partial charge in [0.15, 0.2) is 0 Å². The Bertz CT molecular complexity index is 364. The molecular weight excluding hydrogens is 226 g/mol. The van der Waals surface area contributed by atoms with Crippen LogP contribution in [0.1, 0.15) is 24.4 Å². The Morgan fingerprint density at radius 2 is 2.22 bits per heavy atom. The molecule has 1 saturated heterocycles. The third-order valence-corrected chi connectivity index (χ3v) is 3.70. The molecule has 0 radical (unpaired) electrons. The van der Waals surface area contributed by atoms with Gasteiger partial charge in [-0.25, -0.2) is 0 Å². The van der Waals surface area contributed by atoms with E-state index in [1.807, 2.05) is 7.05 Å². The fourth-order valence-corrected chi connectivity index (χ4v) is 2.65. The molecule has 2 rings (SSSR count). The fourth-order valence-electron chi connectivity index (χ4n) is 2.65. The number of furan rings is 1. The molecule has 1 unspecified atom stereocenters. The molecule has 1 aliphatic rings.